The van der Waals surface area contributed by atoms with Crippen LogP contribution in [0.3, 0.4) is 0 Å². The molecule has 2 aromatic carbocycles. The number of Topliss-reactive ketones (excluding diaryl/α,β-unsaturated/α-hetero) is 1. The normalized spacial score (nSPS) is 23.3. The third-order valence-corrected chi connectivity index (χ3v) is 20.7. The molecular formula is C41H58O5Si2. The standard InChI is InChI=1S/C41H58O5Si2/c1-30(42)38-36(45-38)29-41(8)34(25-27-37(41)46-47(9,10)39(2,3)4)35-26-24-31(44-35)19-17-18-28-43-48(40(5,6)7,32-20-13-11-14-21-32)33-22-15-12-16-23-33/h11-16,20-26,36-38H,17-19,27-29H2,1-10H3/t36-,37-,38-,41+/m1/s1. The smallest absolute Gasteiger partial charge is 0.261 e. The molecule has 0 unspecified atom stereocenters. The van der Waals surface area contributed by atoms with Gasteiger partial charge >= 0.3 is 0 Å². The largest absolute Gasteiger partial charge is 0.461 e. The average molecular weight is 687 g/mol. The van der Waals surface area contributed by atoms with E-state index in [1.165, 1.54) is 15.9 Å². The van der Waals surface area contributed by atoms with Gasteiger partial charge < -0.3 is 18.0 Å². The van der Waals surface area contributed by atoms with Gasteiger partial charge in [0, 0.05) is 18.4 Å². The van der Waals surface area contributed by atoms with Gasteiger partial charge in [0.05, 0.1) is 12.2 Å². The number of hydrogen-bond acceptors (Lipinski definition) is 5. The van der Waals surface area contributed by atoms with Crippen LogP contribution in [0.1, 0.15) is 92.6 Å². The Labute approximate surface area is 291 Å². The van der Waals surface area contributed by atoms with Crippen LogP contribution in [-0.2, 0) is 24.8 Å². The van der Waals surface area contributed by atoms with E-state index in [-0.39, 0.29) is 39.6 Å². The molecule has 5 rings (SSSR count). The van der Waals surface area contributed by atoms with E-state index in [0.717, 1.165) is 43.6 Å². The predicted molar refractivity (Wildman–Crippen MR) is 202 cm³/mol. The van der Waals surface area contributed by atoms with Crippen molar-refractivity contribution >= 4 is 38.4 Å². The first kappa shape index (κ1) is 36.7. The summed E-state index contributed by atoms with van der Waals surface area (Å²) < 4.78 is 26.6. The topological polar surface area (TPSA) is 61.2 Å². The second-order valence-electron chi connectivity index (χ2n) is 16.8. The summed E-state index contributed by atoms with van der Waals surface area (Å²) in [5.41, 5.74) is 0.883. The molecule has 0 saturated carbocycles. The first-order valence-electron chi connectivity index (χ1n) is 17.9. The quantitative estimate of drug-likeness (QED) is 0.0962. The molecule has 0 N–H and O–H groups in total. The van der Waals surface area contributed by atoms with E-state index in [1.54, 1.807) is 6.92 Å². The van der Waals surface area contributed by atoms with Crippen LogP contribution in [0.25, 0.3) is 5.57 Å². The number of aryl methyl sites for hydroxylation is 1. The van der Waals surface area contributed by atoms with Crippen LogP contribution in [0.5, 0.6) is 0 Å². The highest BCUT2D eigenvalue weighted by atomic mass is 28.4. The third kappa shape index (κ3) is 7.46. The Morgan fingerprint density at radius 1 is 0.875 bits per heavy atom. The number of carbonyl (C=O) groups is 1. The summed E-state index contributed by atoms with van der Waals surface area (Å²) in [6, 6.07) is 26.0. The molecule has 0 radical (unpaired) electrons. The lowest BCUT2D eigenvalue weighted by Crippen LogP contribution is -2.66. The second kappa shape index (κ2) is 14.0. The first-order chi connectivity index (χ1) is 22.5. The maximum atomic E-state index is 12.1. The number of furan rings is 1. The van der Waals surface area contributed by atoms with Gasteiger partial charge in [-0.2, -0.15) is 0 Å². The van der Waals surface area contributed by atoms with Gasteiger partial charge in [-0.15, -0.1) is 0 Å². The Kier molecular flexibility index (Phi) is 10.7. The Hall–Kier alpha value is -2.56. The molecule has 1 aromatic heterocycles. The summed E-state index contributed by atoms with van der Waals surface area (Å²) in [5.74, 6) is 2.02. The van der Waals surface area contributed by atoms with E-state index in [4.69, 9.17) is 18.0 Å². The SMILES string of the molecule is CC(=O)[C@H]1O[C@@H]1C[C@@]1(C)C(c2ccc(CCCCO[Si](c3ccccc3)(c3ccccc3)C(C)(C)C)o2)=CC[C@H]1O[Si](C)(C)C(C)(C)C. The summed E-state index contributed by atoms with van der Waals surface area (Å²) in [6.07, 6.45) is 6.35. The molecule has 5 nitrogen and oxygen atoms in total. The zero-order chi connectivity index (χ0) is 35.0. The van der Waals surface area contributed by atoms with E-state index in [1.807, 2.05) is 0 Å². The van der Waals surface area contributed by atoms with Crippen LogP contribution >= 0.6 is 0 Å². The summed E-state index contributed by atoms with van der Waals surface area (Å²) >= 11 is 0. The Bertz CT molecular complexity index is 1520. The highest BCUT2D eigenvalue weighted by molar-refractivity contribution is 6.99. The molecule has 1 aliphatic carbocycles. The minimum absolute atomic E-state index is 0.0253. The summed E-state index contributed by atoms with van der Waals surface area (Å²) in [4.78, 5) is 12.1. The van der Waals surface area contributed by atoms with E-state index in [2.05, 4.69) is 140 Å². The number of epoxide rings is 1. The van der Waals surface area contributed by atoms with Crippen molar-refractivity contribution in [1.82, 2.24) is 0 Å². The fourth-order valence-electron chi connectivity index (χ4n) is 7.34. The summed E-state index contributed by atoms with van der Waals surface area (Å²) in [5, 5.41) is 2.70. The van der Waals surface area contributed by atoms with Crippen LogP contribution in [0, 0.1) is 5.41 Å². The lowest BCUT2D eigenvalue weighted by molar-refractivity contribution is -0.118. The fraction of sp³-hybridized carbons (Fsp3) is 0.537. The van der Waals surface area contributed by atoms with Gasteiger partial charge in [-0.25, -0.2) is 0 Å². The number of ether oxygens (including phenoxy) is 1. The van der Waals surface area contributed by atoms with Gasteiger partial charge in [0.25, 0.3) is 8.32 Å². The third-order valence-electron chi connectivity index (χ3n) is 11.2. The first-order valence-corrected chi connectivity index (χ1v) is 22.7. The second-order valence-corrected chi connectivity index (χ2v) is 25.8. The maximum absolute atomic E-state index is 12.1. The number of hydrogen-bond donors (Lipinski definition) is 0. The van der Waals surface area contributed by atoms with Crippen LogP contribution in [-0.4, -0.2) is 47.3 Å². The number of carbonyl (C=O) groups excluding carboxylic acids is 1. The molecule has 7 heteroatoms. The van der Waals surface area contributed by atoms with Gasteiger partial charge in [-0.05, 0) is 83.9 Å². The molecule has 1 fully saturated rings. The van der Waals surface area contributed by atoms with Crippen LogP contribution in [0.4, 0.5) is 0 Å². The van der Waals surface area contributed by atoms with Crippen molar-refractivity contribution in [2.45, 2.75) is 129 Å². The summed E-state index contributed by atoms with van der Waals surface area (Å²) in [6.45, 7) is 23.1. The molecule has 3 aromatic rings. The van der Waals surface area contributed by atoms with Crippen molar-refractivity contribution in [2.75, 3.05) is 6.61 Å². The van der Waals surface area contributed by atoms with Crippen LogP contribution in [0.15, 0.2) is 83.3 Å². The molecule has 1 saturated heterocycles. The number of benzene rings is 2. The highest BCUT2D eigenvalue weighted by Crippen LogP contribution is 2.54. The van der Waals surface area contributed by atoms with Crippen LogP contribution in [0.2, 0.25) is 23.2 Å². The van der Waals surface area contributed by atoms with Crippen molar-refractivity contribution in [3.8, 4) is 0 Å². The Morgan fingerprint density at radius 3 is 2.00 bits per heavy atom. The van der Waals surface area contributed by atoms with Crippen molar-refractivity contribution in [3.05, 3.63) is 90.4 Å². The Morgan fingerprint density at radius 2 is 1.48 bits per heavy atom. The van der Waals surface area contributed by atoms with Gasteiger partial charge in [0.1, 0.15) is 17.6 Å². The van der Waals surface area contributed by atoms with Gasteiger partial charge in [-0.1, -0.05) is 115 Å². The molecule has 4 atom stereocenters. The minimum atomic E-state index is -2.54. The molecule has 48 heavy (non-hydrogen) atoms. The maximum Gasteiger partial charge on any atom is 0.261 e. The lowest BCUT2D eigenvalue weighted by atomic mass is 9.75. The molecule has 1 aliphatic heterocycles. The number of ketones is 1. The van der Waals surface area contributed by atoms with Gasteiger partial charge in [-0.3, -0.25) is 4.79 Å². The van der Waals surface area contributed by atoms with E-state index in [0.29, 0.717) is 6.61 Å². The van der Waals surface area contributed by atoms with Crippen molar-refractivity contribution in [1.29, 1.82) is 0 Å². The van der Waals surface area contributed by atoms with Crippen molar-refractivity contribution in [2.24, 2.45) is 5.41 Å². The fourth-order valence-corrected chi connectivity index (χ4v) is 13.4. The number of unbranched alkanes of at least 4 members (excludes halogenated alkanes) is 1. The highest BCUT2D eigenvalue weighted by Gasteiger charge is 2.54. The van der Waals surface area contributed by atoms with E-state index >= 15 is 0 Å². The molecule has 2 heterocycles. The van der Waals surface area contributed by atoms with E-state index in [9.17, 15) is 4.79 Å². The molecular weight excluding hydrogens is 629 g/mol. The molecule has 0 spiro atoms. The predicted octanol–water partition coefficient (Wildman–Crippen LogP) is 9.11. The zero-order valence-electron chi connectivity index (χ0n) is 31.0. The zero-order valence-corrected chi connectivity index (χ0v) is 33.0. The Balaban J connectivity index is 1.27. The van der Waals surface area contributed by atoms with Gasteiger partial charge in [0.15, 0.2) is 14.1 Å². The van der Waals surface area contributed by atoms with E-state index < -0.39 is 16.6 Å². The summed E-state index contributed by atoms with van der Waals surface area (Å²) in [7, 11) is -4.56. The molecule has 0 bridgehead atoms. The molecule has 0 amide bonds. The molecule has 260 valence electrons. The lowest BCUT2D eigenvalue weighted by Gasteiger charge is -2.43. The average Bonchev–Trinajstić information content (AvgIpc) is 3.51. The van der Waals surface area contributed by atoms with Crippen molar-refractivity contribution < 1.29 is 22.8 Å². The number of rotatable bonds is 14. The van der Waals surface area contributed by atoms with Crippen molar-refractivity contribution in [3.63, 3.8) is 0 Å². The minimum Gasteiger partial charge on any atom is -0.461 e. The van der Waals surface area contributed by atoms with Gasteiger partial charge in [0.2, 0.25) is 0 Å². The van der Waals surface area contributed by atoms with Crippen LogP contribution < -0.4 is 10.4 Å². The molecule has 2 aliphatic rings. The monoisotopic (exact) mass is 686 g/mol.